The number of alkyl halides is 10. The minimum atomic E-state index is -7.12. The Hall–Kier alpha value is -1.49. The average molecular weight is 336 g/mol. The van der Waals surface area contributed by atoms with E-state index in [1.54, 1.807) is 0 Å². The molecule has 0 aliphatic rings. The van der Waals surface area contributed by atoms with Crippen molar-refractivity contribution in [1.82, 2.24) is 0 Å². The monoisotopic (exact) mass is 336 g/mol. The van der Waals surface area contributed by atoms with Gasteiger partial charge < -0.3 is 4.74 Å². The molecular formula is C9H6F10O2. The van der Waals surface area contributed by atoms with E-state index in [1.165, 1.54) is 0 Å². The highest BCUT2D eigenvalue weighted by atomic mass is 19.4. The summed E-state index contributed by atoms with van der Waals surface area (Å²) < 4.78 is 127. The van der Waals surface area contributed by atoms with Gasteiger partial charge in [-0.3, -0.25) is 0 Å². The lowest BCUT2D eigenvalue weighted by Gasteiger charge is -2.33. The molecule has 0 bridgehead atoms. The Morgan fingerprint density at radius 3 is 1.76 bits per heavy atom. The molecule has 0 radical (unpaired) electrons. The van der Waals surface area contributed by atoms with Gasteiger partial charge in [0.25, 0.3) is 0 Å². The van der Waals surface area contributed by atoms with Crippen molar-refractivity contribution in [3.05, 3.63) is 12.7 Å². The molecule has 1 unspecified atom stereocenters. The van der Waals surface area contributed by atoms with E-state index in [4.69, 9.17) is 0 Å². The molecule has 124 valence electrons. The van der Waals surface area contributed by atoms with Crippen LogP contribution in [-0.4, -0.2) is 36.3 Å². The number of carbonyl (C=O) groups excluding carboxylic acids is 1. The second kappa shape index (κ2) is 5.72. The molecule has 0 rings (SSSR count). The highest BCUT2D eigenvalue weighted by Gasteiger charge is 2.81. The number of carbonyl (C=O) groups is 1. The van der Waals surface area contributed by atoms with Crippen molar-refractivity contribution in [2.24, 2.45) is 0 Å². The van der Waals surface area contributed by atoms with Crippen molar-refractivity contribution in [3.63, 3.8) is 0 Å². The van der Waals surface area contributed by atoms with Gasteiger partial charge in [0.1, 0.15) is 0 Å². The molecule has 21 heavy (non-hydrogen) atoms. The van der Waals surface area contributed by atoms with Gasteiger partial charge in [0, 0.05) is 6.08 Å². The third-order valence-corrected chi connectivity index (χ3v) is 2.04. The lowest BCUT2D eigenvalue weighted by Crippen LogP contribution is -2.61. The molecule has 0 saturated heterocycles. The molecule has 0 N–H and O–H groups in total. The van der Waals surface area contributed by atoms with Crippen molar-refractivity contribution in [2.75, 3.05) is 0 Å². The Labute approximate surface area is 110 Å². The molecule has 1 atom stereocenters. The molecular weight excluding hydrogens is 330 g/mol. The molecule has 2 nitrogen and oxygen atoms in total. The van der Waals surface area contributed by atoms with Gasteiger partial charge in [-0.2, -0.15) is 39.5 Å². The van der Waals surface area contributed by atoms with Crippen LogP contribution >= 0.6 is 0 Å². The van der Waals surface area contributed by atoms with Crippen LogP contribution in [0.3, 0.4) is 0 Å². The summed E-state index contributed by atoms with van der Waals surface area (Å²) in [4.78, 5) is 10.4. The fraction of sp³-hybridized carbons (Fsp3) is 0.667. The molecule has 12 heteroatoms. The van der Waals surface area contributed by atoms with Crippen molar-refractivity contribution >= 4 is 5.97 Å². The Bertz CT molecular complexity index is 400. The third-order valence-electron chi connectivity index (χ3n) is 2.04. The van der Waals surface area contributed by atoms with Crippen LogP contribution in [0.4, 0.5) is 43.9 Å². The van der Waals surface area contributed by atoms with E-state index in [0.29, 0.717) is 0 Å². The van der Waals surface area contributed by atoms with Crippen LogP contribution in [0.1, 0.15) is 6.42 Å². The number of hydrogen-bond acceptors (Lipinski definition) is 2. The largest absolute Gasteiger partial charge is 0.460 e. The summed E-state index contributed by atoms with van der Waals surface area (Å²) in [6.07, 6.45) is -13.2. The van der Waals surface area contributed by atoms with E-state index < -0.39 is 42.7 Å². The Morgan fingerprint density at radius 2 is 1.43 bits per heavy atom. The maximum atomic E-state index is 12.8. The summed E-state index contributed by atoms with van der Waals surface area (Å²) >= 11 is 0. The fourth-order valence-electron chi connectivity index (χ4n) is 0.953. The molecule has 0 spiro atoms. The van der Waals surface area contributed by atoms with E-state index in [1.807, 2.05) is 0 Å². The minimum absolute atomic E-state index is 0.229. The highest BCUT2D eigenvalue weighted by molar-refractivity contribution is 5.81. The van der Waals surface area contributed by atoms with Crippen LogP contribution < -0.4 is 0 Å². The van der Waals surface area contributed by atoms with Crippen LogP contribution in [-0.2, 0) is 9.53 Å². The number of esters is 1. The van der Waals surface area contributed by atoms with E-state index in [-0.39, 0.29) is 6.08 Å². The van der Waals surface area contributed by atoms with Gasteiger partial charge in [-0.1, -0.05) is 6.58 Å². The molecule has 0 amide bonds. The second-order valence-corrected chi connectivity index (χ2v) is 3.61. The maximum Gasteiger partial charge on any atom is 0.460 e. The predicted octanol–water partition coefficient (Wildman–Crippen LogP) is 3.87. The zero-order valence-corrected chi connectivity index (χ0v) is 9.67. The summed E-state index contributed by atoms with van der Waals surface area (Å²) in [6.45, 7) is 2.68. The zero-order chi connectivity index (χ0) is 17.3. The molecule has 0 aromatic heterocycles. The maximum absolute atomic E-state index is 12.8. The van der Waals surface area contributed by atoms with E-state index in [9.17, 15) is 48.7 Å². The van der Waals surface area contributed by atoms with Gasteiger partial charge in [-0.15, -0.1) is 0 Å². The molecule has 0 heterocycles. The first-order chi connectivity index (χ1) is 9.10. The zero-order valence-electron chi connectivity index (χ0n) is 9.67. The summed E-state index contributed by atoms with van der Waals surface area (Å²) in [5, 5.41) is 0. The first-order valence-corrected chi connectivity index (χ1v) is 4.77. The molecule has 0 fully saturated rings. The summed E-state index contributed by atoms with van der Waals surface area (Å²) in [7, 11) is 0. The van der Waals surface area contributed by atoms with Gasteiger partial charge in [0.15, 0.2) is 0 Å². The quantitative estimate of drug-likeness (QED) is 0.418. The molecule has 0 aliphatic heterocycles. The molecule has 0 aliphatic carbocycles. The van der Waals surface area contributed by atoms with Crippen molar-refractivity contribution < 1.29 is 53.4 Å². The van der Waals surface area contributed by atoms with Gasteiger partial charge in [-0.05, 0) is 0 Å². The van der Waals surface area contributed by atoms with Gasteiger partial charge in [-0.25, -0.2) is 9.18 Å². The van der Waals surface area contributed by atoms with Gasteiger partial charge in [0.2, 0.25) is 6.36 Å². The van der Waals surface area contributed by atoms with Crippen LogP contribution in [0.5, 0.6) is 0 Å². The average Bonchev–Trinajstić information content (AvgIpc) is 2.25. The van der Waals surface area contributed by atoms with Crippen LogP contribution in [0.25, 0.3) is 0 Å². The van der Waals surface area contributed by atoms with Crippen LogP contribution in [0.15, 0.2) is 12.7 Å². The van der Waals surface area contributed by atoms with E-state index in [2.05, 4.69) is 11.3 Å². The molecule has 0 aromatic rings. The molecule has 0 saturated carbocycles. The van der Waals surface area contributed by atoms with Crippen molar-refractivity contribution in [3.8, 4) is 0 Å². The number of rotatable bonds is 6. The highest BCUT2D eigenvalue weighted by Crippen LogP contribution is 2.54. The second-order valence-electron chi connectivity index (χ2n) is 3.61. The smallest absolute Gasteiger partial charge is 0.428 e. The van der Waals surface area contributed by atoms with Crippen LogP contribution in [0, 0.1) is 0 Å². The van der Waals surface area contributed by atoms with Gasteiger partial charge in [0.05, 0.1) is 6.42 Å². The lowest BCUT2D eigenvalue weighted by atomic mass is 10.0. The standard InChI is InChI=1S/C9H6F10O2/c1-2-5(20)21-4(10)3-6(11,12)7(13,14)8(15,16)9(17,18)19/h2,4H,1,3H2. The lowest BCUT2D eigenvalue weighted by molar-refractivity contribution is -0.399. The SMILES string of the molecule is C=CC(=O)OC(F)CC(F)(F)C(F)(F)C(F)(F)C(F)(F)F. The predicted molar refractivity (Wildman–Crippen MR) is 46.7 cm³/mol. The third kappa shape index (κ3) is 3.79. The van der Waals surface area contributed by atoms with Crippen LogP contribution in [0.2, 0.25) is 0 Å². The number of halogens is 10. The minimum Gasteiger partial charge on any atom is -0.428 e. The Balaban J connectivity index is 5.30. The van der Waals surface area contributed by atoms with Crippen molar-refractivity contribution in [2.45, 2.75) is 36.7 Å². The summed E-state index contributed by atoms with van der Waals surface area (Å²) in [6, 6.07) is 0. The first kappa shape index (κ1) is 19.5. The number of ether oxygens (including phenoxy) is 1. The number of hydrogen-bond donors (Lipinski definition) is 0. The van der Waals surface area contributed by atoms with E-state index in [0.717, 1.165) is 0 Å². The Kier molecular flexibility index (Phi) is 5.31. The normalized spacial score (nSPS) is 15.5. The van der Waals surface area contributed by atoms with Gasteiger partial charge >= 0.3 is 29.9 Å². The Morgan fingerprint density at radius 1 is 1.00 bits per heavy atom. The summed E-state index contributed by atoms with van der Waals surface area (Å²) in [5.74, 6) is -21.9. The first-order valence-electron chi connectivity index (χ1n) is 4.77. The fourth-order valence-corrected chi connectivity index (χ4v) is 0.953. The topological polar surface area (TPSA) is 26.3 Å². The molecule has 0 aromatic carbocycles. The van der Waals surface area contributed by atoms with Crippen molar-refractivity contribution in [1.29, 1.82) is 0 Å². The summed E-state index contributed by atoms with van der Waals surface area (Å²) in [5.41, 5.74) is 0. The van der Waals surface area contributed by atoms with E-state index >= 15 is 0 Å².